The van der Waals surface area contributed by atoms with Crippen LogP contribution >= 0.6 is 0 Å². The van der Waals surface area contributed by atoms with Gasteiger partial charge in [-0.1, -0.05) is 75.4 Å². The molecule has 0 unspecified atom stereocenters. The minimum atomic E-state index is -2.36. The molecule has 0 fully saturated rings. The van der Waals surface area contributed by atoms with Gasteiger partial charge >= 0.3 is 0 Å². The Morgan fingerprint density at radius 1 is 0.329 bits per heavy atom. The van der Waals surface area contributed by atoms with E-state index in [9.17, 15) is 8.78 Å². The number of rotatable bonds is 4. The second-order valence-corrected chi connectivity index (χ2v) is 28.0. The number of aromatic amines is 2. The zero-order valence-corrected chi connectivity index (χ0v) is 39.9. The summed E-state index contributed by atoms with van der Waals surface area (Å²) in [5, 5.41) is 0. The maximum Gasteiger partial charge on any atom is 0.200 e. The third-order valence-corrected chi connectivity index (χ3v) is 12.9. The number of nitrogens with zero attached hydrogens (tertiary/aromatic N) is 2. The highest BCUT2D eigenvalue weighted by Crippen LogP contribution is 2.42. The largest absolute Gasteiger partial charge is 0.354 e. The number of H-pyrrole nitrogens is 2. The Balaban J connectivity index is 1.47. The molecule has 4 aromatic carbocycles. The smallest absolute Gasteiger partial charge is 0.200 e. The van der Waals surface area contributed by atoms with Crippen molar-refractivity contribution >= 4 is 62.5 Å². The molecule has 0 radical (unpaired) electrons. The molecule has 4 nitrogen and oxygen atoms in total. The third kappa shape index (κ3) is 8.69. The van der Waals surface area contributed by atoms with Crippen molar-refractivity contribution < 1.29 is 43.9 Å². The molecule has 7 aromatic rings. The lowest BCUT2D eigenvalue weighted by molar-refractivity contribution is 0.381. The van der Waals surface area contributed by atoms with Gasteiger partial charge in [0.25, 0.3) is 0 Å². The van der Waals surface area contributed by atoms with Gasteiger partial charge < -0.3 is 9.97 Å². The molecule has 8 bridgehead atoms. The monoisotopic (exact) mass is 986 g/mol. The lowest BCUT2D eigenvalue weighted by atomic mass is 10.0. The maximum atomic E-state index is 16.1. The second-order valence-electron chi connectivity index (χ2n) is 18.5. The molecule has 0 saturated carbocycles. The van der Waals surface area contributed by atoms with E-state index < -0.39 is 96.6 Å². The zero-order valence-electron chi connectivity index (χ0n) is 37.9. The maximum absolute atomic E-state index is 16.1. The average Bonchev–Trinajstić information content (AvgIpc) is 4.18. The fourth-order valence-corrected chi connectivity index (χ4v) is 8.99. The van der Waals surface area contributed by atoms with Crippen LogP contribution in [0.25, 0.3) is 90.9 Å². The number of nitrogens with one attached hydrogen (secondary N) is 2. The Kier molecular flexibility index (Phi) is 12.0. The van der Waals surface area contributed by atoms with Crippen molar-refractivity contribution in [2.45, 2.75) is 39.3 Å². The SMILES string of the molecule is C[Si](C)(C)C#Cc1ccc(-c2c3nc(c(-c4c(F)c(F)c(F)c(F)c4F)c4ccc([nH]4)c(-c4ccc(C#C[Si](C)(C)C)cc4)c4nc(c(-c5c(F)c(F)c(F)c(F)c5F)c5ccc2[nH]5)C=C4)C=C3)cc1. The van der Waals surface area contributed by atoms with E-state index in [2.05, 4.69) is 72.2 Å². The van der Waals surface area contributed by atoms with Gasteiger partial charge in [0.1, 0.15) is 16.1 Å². The van der Waals surface area contributed by atoms with Crippen LogP contribution in [0, 0.1) is 81.1 Å². The summed E-state index contributed by atoms with van der Waals surface area (Å²) in [7, 11) is -3.62. The minimum Gasteiger partial charge on any atom is -0.354 e. The average molecular weight is 987 g/mol. The lowest BCUT2D eigenvalue weighted by Crippen LogP contribution is -2.16. The van der Waals surface area contributed by atoms with Crippen molar-refractivity contribution in [2.24, 2.45) is 0 Å². The van der Waals surface area contributed by atoms with Crippen molar-refractivity contribution in [3.8, 4) is 67.4 Å². The molecular weight excluding hydrogens is 951 g/mol. The number of fused-ring (bicyclic) bond motifs is 8. The molecule has 5 heterocycles. The highest BCUT2D eigenvalue weighted by atomic mass is 28.3. The van der Waals surface area contributed by atoms with Crippen molar-refractivity contribution in [3.63, 3.8) is 0 Å². The summed E-state index contributed by atoms with van der Waals surface area (Å²) in [6.07, 6.45) is 5.50. The summed E-state index contributed by atoms with van der Waals surface area (Å²) in [5.41, 5.74) is 5.31. The molecule has 0 aliphatic carbocycles. The van der Waals surface area contributed by atoms with Crippen molar-refractivity contribution in [1.82, 2.24) is 19.9 Å². The molecule has 3 aromatic heterocycles. The fraction of sp³-hybridized carbons (Fsp3) is 0.111. The Morgan fingerprint density at radius 3 is 0.871 bits per heavy atom. The molecule has 2 aliphatic rings. The Morgan fingerprint density at radius 2 is 0.586 bits per heavy atom. The predicted molar refractivity (Wildman–Crippen MR) is 261 cm³/mol. The first-order valence-corrected chi connectivity index (χ1v) is 28.6. The molecule has 2 N–H and O–H groups in total. The van der Waals surface area contributed by atoms with Gasteiger partial charge in [-0.05, 0) is 84.0 Å². The van der Waals surface area contributed by atoms with Gasteiger partial charge in [-0.2, -0.15) is 0 Å². The van der Waals surface area contributed by atoms with Crippen LogP contribution in [0.3, 0.4) is 0 Å². The van der Waals surface area contributed by atoms with Crippen molar-refractivity contribution in [3.05, 3.63) is 165 Å². The van der Waals surface area contributed by atoms with Crippen LogP contribution in [0.15, 0.2) is 72.8 Å². The van der Waals surface area contributed by atoms with E-state index in [-0.39, 0.29) is 56.0 Å². The molecule has 16 heteroatoms. The van der Waals surface area contributed by atoms with Crippen LogP contribution in [0.1, 0.15) is 33.9 Å². The number of aromatic nitrogens is 4. The number of hydrogen-bond acceptors (Lipinski definition) is 2. The predicted octanol–water partition coefficient (Wildman–Crippen LogP) is 15.2. The van der Waals surface area contributed by atoms with Crippen molar-refractivity contribution in [1.29, 1.82) is 0 Å². The molecule has 2 aliphatic heterocycles. The van der Waals surface area contributed by atoms with Crippen LogP contribution in [-0.4, -0.2) is 36.1 Å². The van der Waals surface area contributed by atoms with Gasteiger partial charge in [-0.15, -0.1) is 11.1 Å². The molecule has 9 rings (SSSR count). The van der Waals surface area contributed by atoms with E-state index in [1.807, 2.05) is 0 Å². The summed E-state index contributed by atoms with van der Waals surface area (Å²) in [4.78, 5) is 15.6. The Labute approximate surface area is 396 Å². The van der Waals surface area contributed by atoms with Gasteiger partial charge in [0, 0.05) is 55.4 Å². The van der Waals surface area contributed by atoms with E-state index in [1.54, 1.807) is 48.5 Å². The second kappa shape index (κ2) is 17.7. The highest BCUT2D eigenvalue weighted by Gasteiger charge is 2.32. The molecule has 350 valence electrons. The molecule has 0 spiro atoms. The quantitative estimate of drug-likeness (QED) is 0.0607. The third-order valence-electron chi connectivity index (χ3n) is 11.2. The van der Waals surface area contributed by atoms with Gasteiger partial charge in [-0.25, -0.2) is 53.9 Å². The lowest BCUT2D eigenvalue weighted by Gasteiger charge is -2.11. The first kappa shape index (κ1) is 47.4. The van der Waals surface area contributed by atoms with Gasteiger partial charge in [0.2, 0.25) is 11.6 Å². The van der Waals surface area contributed by atoms with Crippen LogP contribution in [-0.2, 0) is 0 Å². The standard InChI is InChI=1S/C54H36F10N4Si2/c1-69(2,3)25-23-27-7-11-29(12-8-27)39-31-15-19-35(65-31)41(43-45(55)49(59)53(63)50(60)46(43)56)37-21-17-33(67-37)40(30-13-9-28(10-14-30)24-26-70(4,5)6)34-18-22-38(68-34)42(36-20-16-32(39)66-36)44-47(57)51(61)54(64)52(62)48(44)58/h7-22,65,68H,1-6H3. The first-order valence-electron chi connectivity index (χ1n) is 21.6. The summed E-state index contributed by atoms with van der Waals surface area (Å²) < 4.78 is 154. The van der Waals surface area contributed by atoms with Crippen molar-refractivity contribution in [2.75, 3.05) is 0 Å². The molecule has 0 saturated heterocycles. The van der Waals surface area contributed by atoms with Crippen LogP contribution in [0.5, 0.6) is 0 Å². The topological polar surface area (TPSA) is 57.4 Å². The van der Waals surface area contributed by atoms with E-state index in [1.165, 1.54) is 48.6 Å². The van der Waals surface area contributed by atoms with E-state index in [4.69, 9.17) is 9.97 Å². The molecule has 0 atom stereocenters. The van der Waals surface area contributed by atoms with Crippen LogP contribution in [0.4, 0.5) is 43.9 Å². The summed E-state index contributed by atoms with van der Waals surface area (Å²) in [6, 6.07) is 19.2. The summed E-state index contributed by atoms with van der Waals surface area (Å²) in [5.74, 6) is -15.6. The van der Waals surface area contributed by atoms with Gasteiger partial charge in [-0.3, -0.25) is 0 Å². The summed E-state index contributed by atoms with van der Waals surface area (Å²) >= 11 is 0. The Bertz CT molecular complexity index is 3440. The highest BCUT2D eigenvalue weighted by molar-refractivity contribution is 6.84. The number of benzene rings is 4. The van der Waals surface area contributed by atoms with E-state index in [0.29, 0.717) is 22.3 Å². The number of halogens is 10. The van der Waals surface area contributed by atoms with Gasteiger partial charge in [0.15, 0.2) is 46.5 Å². The number of hydrogen-bond donors (Lipinski definition) is 2. The first-order chi connectivity index (χ1) is 33.1. The molecule has 0 amide bonds. The van der Waals surface area contributed by atoms with Crippen LogP contribution < -0.4 is 0 Å². The molecule has 70 heavy (non-hydrogen) atoms. The normalized spacial score (nSPS) is 12.2. The summed E-state index contributed by atoms with van der Waals surface area (Å²) in [6.45, 7) is 12.4. The Hall–Kier alpha value is -7.67. The minimum absolute atomic E-state index is 0.0700. The van der Waals surface area contributed by atoms with Gasteiger partial charge in [0.05, 0.1) is 33.9 Å². The van der Waals surface area contributed by atoms with Crippen LogP contribution in [0.2, 0.25) is 39.3 Å². The fourth-order valence-electron chi connectivity index (χ4n) is 7.95. The van der Waals surface area contributed by atoms with E-state index in [0.717, 1.165) is 0 Å². The molecular formula is C54H36F10N4Si2. The zero-order chi connectivity index (χ0) is 50.1. The van der Waals surface area contributed by atoms with E-state index >= 15 is 35.1 Å².